The zero-order valence-corrected chi connectivity index (χ0v) is 8.38. The van der Waals surface area contributed by atoms with E-state index >= 15 is 0 Å². The molecule has 0 saturated heterocycles. The summed E-state index contributed by atoms with van der Waals surface area (Å²) in [5, 5.41) is 0. The molecule has 0 bridgehead atoms. The van der Waals surface area contributed by atoms with Crippen molar-refractivity contribution in [3.63, 3.8) is 0 Å². The van der Waals surface area contributed by atoms with Gasteiger partial charge in [0.05, 0.1) is 16.6 Å². The third-order valence-electron chi connectivity index (χ3n) is 2.82. The molecule has 0 saturated carbocycles. The van der Waals surface area contributed by atoms with Crippen LogP contribution in [0.15, 0.2) is 42.6 Å². The van der Waals surface area contributed by atoms with E-state index in [1.807, 2.05) is 30.3 Å². The van der Waals surface area contributed by atoms with E-state index in [4.69, 9.17) is 0 Å². The molecule has 3 aromatic heterocycles. The zero-order valence-electron chi connectivity index (χ0n) is 8.38. The van der Waals surface area contributed by atoms with Gasteiger partial charge in [-0.25, -0.2) is 9.97 Å². The van der Waals surface area contributed by atoms with Crippen molar-refractivity contribution in [1.82, 2.24) is 19.4 Å². The molecular weight excluding hydrogens is 200 g/mol. The van der Waals surface area contributed by atoms with E-state index in [0.717, 1.165) is 28.0 Å². The van der Waals surface area contributed by atoms with Crippen molar-refractivity contribution in [3.8, 4) is 0 Å². The molecule has 0 unspecified atom stereocenters. The highest BCUT2D eigenvalue weighted by molar-refractivity contribution is 5.88. The smallest absolute Gasteiger partial charge is 0.214 e. The number of nitrogens with one attached hydrogen (secondary N) is 1. The third kappa shape index (κ3) is 0.839. The van der Waals surface area contributed by atoms with Gasteiger partial charge >= 0.3 is 0 Å². The average Bonchev–Trinajstić information content (AvgIpc) is 2.83. The Morgan fingerprint density at radius 1 is 1.00 bits per heavy atom. The van der Waals surface area contributed by atoms with Crippen LogP contribution in [0.1, 0.15) is 0 Å². The number of aromatic nitrogens is 4. The van der Waals surface area contributed by atoms with Gasteiger partial charge in [-0.15, -0.1) is 0 Å². The summed E-state index contributed by atoms with van der Waals surface area (Å²) in [6.45, 7) is 0. The molecule has 0 fully saturated rings. The summed E-state index contributed by atoms with van der Waals surface area (Å²) in [6.07, 6.45) is 1.78. The first-order chi connectivity index (χ1) is 7.93. The molecular formula is C12H8N4. The van der Waals surface area contributed by atoms with Crippen molar-refractivity contribution in [2.24, 2.45) is 0 Å². The number of hydrogen-bond acceptors (Lipinski definition) is 2. The van der Waals surface area contributed by atoms with Gasteiger partial charge < -0.3 is 4.98 Å². The van der Waals surface area contributed by atoms with Crippen molar-refractivity contribution < 1.29 is 0 Å². The first-order valence-corrected chi connectivity index (χ1v) is 5.13. The topological polar surface area (TPSA) is 46.0 Å². The van der Waals surface area contributed by atoms with Crippen LogP contribution in [0.4, 0.5) is 0 Å². The monoisotopic (exact) mass is 208 g/mol. The minimum atomic E-state index is 0.843. The summed E-state index contributed by atoms with van der Waals surface area (Å²) in [4.78, 5) is 12.0. The number of aromatic amines is 1. The molecule has 4 rings (SSSR count). The fourth-order valence-electron chi connectivity index (χ4n) is 2.13. The number of para-hydroxylation sites is 2. The van der Waals surface area contributed by atoms with Crippen molar-refractivity contribution in [2.75, 3.05) is 0 Å². The maximum atomic E-state index is 4.52. The van der Waals surface area contributed by atoms with Gasteiger partial charge in [0.25, 0.3) is 0 Å². The Kier molecular flexibility index (Phi) is 1.28. The molecule has 4 nitrogen and oxygen atoms in total. The van der Waals surface area contributed by atoms with Gasteiger partial charge in [-0.1, -0.05) is 12.1 Å². The lowest BCUT2D eigenvalue weighted by molar-refractivity contribution is 1.27. The predicted octanol–water partition coefficient (Wildman–Crippen LogP) is 2.36. The van der Waals surface area contributed by atoms with Gasteiger partial charge in [-0.05, 0) is 24.3 Å². The fourth-order valence-corrected chi connectivity index (χ4v) is 2.13. The standard InChI is InChI=1S/C12H8N4/c1-2-5-9-8(4-1)14-12-15-11-10(16(9)12)6-3-7-13-11/h1-7H,(H,13,14,15). The normalized spacial score (nSPS) is 11.8. The first-order valence-electron chi connectivity index (χ1n) is 5.13. The maximum Gasteiger partial charge on any atom is 0.214 e. The Morgan fingerprint density at radius 2 is 1.88 bits per heavy atom. The molecule has 0 aliphatic carbocycles. The van der Waals surface area contributed by atoms with Crippen LogP contribution in [-0.2, 0) is 0 Å². The summed E-state index contributed by atoms with van der Waals surface area (Å²) in [5.41, 5.74) is 4.04. The summed E-state index contributed by atoms with van der Waals surface area (Å²) < 4.78 is 2.09. The van der Waals surface area contributed by atoms with Crippen LogP contribution < -0.4 is 0 Å². The van der Waals surface area contributed by atoms with E-state index in [-0.39, 0.29) is 0 Å². The average molecular weight is 208 g/mol. The summed E-state index contributed by atoms with van der Waals surface area (Å²) in [6, 6.07) is 12.1. The second kappa shape index (κ2) is 2.61. The number of rotatable bonds is 0. The van der Waals surface area contributed by atoms with Gasteiger partial charge in [0.15, 0.2) is 5.65 Å². The molecule has 4 heteroatoms. The highest BCUT2D eigenvalue weighted by Crippen LogP contribution is 2.21. The lowest BCUT2D eigenvalue weighted by atomic mass is 10.3. The minimum absolute atomic E-state index is 0.843. The van der Waals surface area contributed by atoms with Crippen molar-refractivity contribution in [1.29, 1.82) is 0 Å². The Hall–Kier alpha value is -2.36. The van der Waals surface area contributed by atoms with E-state index in [9.17, 15) is 0 Å². The van der Waals surface area contributed by atoms with Gasteiger partial charge in [-0.3, -0.25) is 4.40 Å². The molecule has 3 heterocycles. The van der Waals surface area contributed by atoms with Crippen molar-refractivity contribution in [3.05, 3.63) is 42.6 Å². The summed E-state index contributed by atoms with van der Waals surface area (Å²) in [5.74, 6) is 0.843. The van der Waals surface area contributed by atoms with E-state index in [2.05, 4.69) is 25.4 Å². The van der Waals surface area contributed by atoms with E-state index in [1.165, 1.54) is 0 Å². The number of pyridine rings is 1. The second-order valence-electron chi connectivity index (χ2n) is 3.76. The van der Waals surface area contributed by atoms with Crippen LogP contribution in [0.3, 0.4) is 0 Å². The number of H-pyrrole nitrogens is 1. The molecule has 0 spiro atoms. The molecule has 0 atom stereocenters. The van der Waals surface area contributed by atoms with Crippen molar-refractivity contribution in [2.45, 2.75) is 0 Å². The highest BCUT2D eigenvalue weighted by Gasteiger charge is 2.09. The van der Waals surface area contributed by atoms with Crippen molar-refractivity contribution >= 4 is 28.0 Å². The Bertz CT molecular complexity index is 744. The van der Waals surface area contributed by atoms with Crippen LogP contribution in [0, 0.1) is 0 Å². The Balaban J connectivity index is 2.38. The van der Waals surface area contributed by atoms with Gasteiger partial charge in [0, 0.05) is 6.20 Å². The van der Waals surface area contributed by atoms with Gasteiger partial charge in [0.2, 0.25) is 5.78 Å². The fraction of sp³-hybridized carbons (Fsp3) is 0. The molecule has 0 radical (unpaired) electrons. The lowest BCUT2D eigenvalue weighted by Crippen LogP contribution is -1.80. The SMILES string of the molecule is c1ccc2c(c1)nc1[nH]c3ncccc3n12. The number of fused-ring (bicyclic) bond motifs is 5. The van der Waals surface area contributed by atoms with Crippen LogP contribution in [0.25, 0.3) is 28.0 Å². The molecule has 76 valence electrons. The van der Waals surface area contributed by atoms with Gasteiger partial charge in [-0.2, -0.15) is 0 Å². The lowest BCUT2D eigenvalue weighted by Gasteiger charge is -1.91. The molecule has 16 heavy (non-hydrogen) atoms. The number of imidazole rings is 2. The maximum absolute atomic E-state index is 4.52. The summed E-state index contributed by atoms with van der Waals surface area (Å²) >= 11 is 0. The van der Waals surface area contributed by atoms with E-state index < -0.39 is 0 Å². The van der Waals surface area contributed by atoms with E-state index in [1.54, 1.807) is 6.20 Å². The highest BCUT2D eigenvalue weighted by atomic mass is 15.1. The molecule has 0 aliphatic rings. The Labute approximate surface area is 90.6 Å². The quantitative estimate of drug-likeness (QED) is 0.482. The molecule has 1 aromatic carbocycles. The second-order valence-corrected chi connectivity index (χ2v) is 3.76. The van der Waals surface area contributed by atoms with Crippen LogP contribution in [0.5, 0.6) is 0 Å². The molecule has 1 N–H and O–H groups in total. The number of benzene rings is 1. The Morgan fingerprint density at radius 3 is 2.88 bits per heavy atom. The number of hydrogen-bond donors (Lipinski definition) is 1. The van der Waals surface area contributed by atoms with Crippen LogP contribution >= 0.6 is 0 Å². The predicted molar refractivity (Wildman–Crippen MR) is 62.3 cm³/mol. The number of nitrogens with zero attached hydrogens (tertiary/aromatic N) is 3. The van der Waals surface area contributed by atoms with Gasteiger partial charge in [0.1, 0.15) is 0 Å². The zero-order chi connectivity index (χ0) is 10.5. The first kappa shape index (κ1) is 7.87. The minimum Gasteiger partial charge on any atom is -0.308 e. The summed E-state index contributed by atoms with van der Waals surface area (Å²) in [7, 11) is 0. The molecule has 0 aliphatic heterocycles. The molecule has 4 aromatic rings. The molecule has 0 amide bonds. The van der Waals surface area contributed by atoms with E-state index in [0.29, 0.717) is 0 Å². The van der Waals surface area contributed by atoms with Crippen LogP contribution in [0.2, 0.25) is 0 Å². The van der Waals surface area contributed by atoms with Crippen LogP contribution in [-0.4, -0.2) is 19.4 Å². The largest absolute Gasteiger partial charge is 0.308 e. The third-order valence-corrected chi connectivity index (χ3v) is 2.82.